The molecule has 1 rings (SSSR count). The summed E-state index contributed by atoms with van der Waals surface area (Å²) in [7, 11) is 1.32. The van der Waals surface area contributed by atoms with Crippen LogP contribution in [-0.4, -0.2) is 24.7 Å². The molecule has 3 N–H and O–H groups in total. The van der Waals surface area contributed by atoms with Crippen LogP contribution in [0.5, 0.6) is 5.75 Å². The van der Waals surface area contributed by atoms with Gasteiger partial charge in [0.05, 0.1) is 13.0 Å². The first-order valence-corrected chi connectivity index (χ1v) is 4.84. The molecule has 6 heteroatoms. The van der Waals surface area contributed by atoms with Crippen LogP contribution in [0.4, 0.5) is 4.39 Å². The van der Waals surface area contributed by atoms with E-state index in [0.29, 0.717) is 0 Å². The topological polar surface area (TPSA) is 72.5 Å². The molecule has 1 unspecified atom stereocenters. The van der Waals surface area contributed by atoms with Crippen molar-refractivity contribution in [2.45, 2.75) is 5.92 Å². The van der Waals surface area contributed by atoms with Gasteiger partial charge in [-0.15, -0.1) is 0 Å². The molecule has 1 aromatic carbocycles. The van der Waals surface area contributed by atoms with E-state index in [1.165, 1.54) is 13.2 Å². The van der Waals surface area contributed by atoms with Crippen LogP contribution in [0, 0.1) is 5.82 Å². The average Bonchev–Trinajstić information content (AvgIpc) is 2.23. The number of ether oxygens (including phenoxy) is 1. The fourth-order valence-corrected chi connectivity index (χ4v) is 1.50. The molecular weight excluding hydrogens is 237 g/mol. The van der Waals surface area contributed by atoms with Crippen molar-refractivity contribution in [3.8, 4) is 5.75 Å². The van der Waals surface area contributed by atoms with Gasteiger partial charge in [0, 0.05) is 6.54 Å². The van der Waals surface area contributed by atoms with Crippen LogP contribution in [0.3, 0.4) is 0 Å². The van der Waals surface area contributed by atoms with E-state index in [4.69, 9.17) is 27.2 Å². The van der Waals surface area contributed by atoms with E-state index in [9.17, 15) is 9.18 Å². The lowest BCUT2D eigenvalue weighted by atomic mass is 9.99. The summed E-state index contributed by atoms with van der Waals surface area (Å²) in [6.45, 7) is -0.125. The molecule has 0 bridgehead atoms. The second-order valence-corrected chi connectivity index (χ2v) is 3.52. The van der Waals surface area contributed by atoms with Gasteiger partial charge < -0.3 is 15.6 Å². The van der Waals surface area contributed by atoms with Gasteiger partial charge in [0.25, 0.3) is 0 Å². The first kappa shape index (κ1) is 12.7. The first-order valence-electron chi connectivity index (χ1n) is 4.47. The maximum atomic E-state index is 13.3. The summed E-state index contributed by atoms with van der Waals surface area (Å²) in [4.78, 5) is 10.9. The minimum absolute atomic E-state index is 0.0939. The SMILES string of the molecule is COc1cc(C(CN)C(=O)O)cc(F)c1Cl. The Kier molecular flexibility index (Phi) is 4.09. The highest BCUT2D eigenvalue weighted by Gasteiger charge is 2.21. The lowest BCUT2D eigenvalue weighted by Gasteiger charge is -2.12. The first-order chi connectivity index (χ1) is 7.51. The Labute approximate surface area is 96.8 Å². The van der Waals surface area contributed by atoms with Crippen LogP contribution in [0.25, 0.3) is 0 Å². The maximum Gasteiger partial charge on any atom is 0.312 e. The summed E-state index contributed by atoms with van der Waals surface area (Å²) in [5.41, 5.74) is 5.54. The second-order valence-electron chi connectivity index (χ2n) is 3.15. The number of hydrogen-bond acceptors (Lipinski definition) is 3. The zero-order valence-electron chi connectivity index (χ0n) is 8.54. The monoisotopic (exact) mass is 247 g/mol. The number of carboxylic acids is 1. The van der Waals surface area contributed by atoms with Gasteiger partial charge in [0.1, 0.15) is 16.6 Å². The average molecular weight is 248 g/mol. The van der Waals surface area contributed by atoms with E-state index in [1.54, 1.807) is 0 Å². The summed E-state index contributed by atoms with van der Waals surface area (Å²) in [6, 6.07) is 2.42. The Bertz CT molecular complexity index is 411. The molecule has 1 aromatic rings. The molecule has 0 heterocycles. The van der Waals surface area contributed by atoms with Crippen molar-refractivity contribution < 1.29 is 19.0 Å². The Morgan fingerprint density at radius 1 is 1.69 bits per heavy atom. The van der Waals surface area contributed by atoms with Crippen LogP contribution >= 0.6 is 11.6 Å². The molecule has 0 aliphatic rings. The molecular formula is C10H11ClFNO3. The lowest BCUT2D eigenvalue weighted by molar-refractivity contribution is -0.138. The number of rotatable bonds is 4. The van der Waals surface area contributed by atoms with Crippen molar-refractivity contribution in [1.82, 2.24) is 0 Å². The van der Waals surface area contributed by atoms with E-state index in [-0.39, 0.29) is 22.9 Å². The van der Waals surface area contributed by atoms with Crippen molar-refractivity contribution in [2.75, 3.05) is 13.7 Å². The van der Waals surface area contributed by atoms with Crippen LogP contribution < -0.4 is 10.5 Å². The number of nitrogens with two attached hydrogens (primary N) is 1. The molecule has 0 amide bonds. The third kappa shape index (κ3) is 2.43. The molecule has 0 radical (unpaired) electrons. The van der Waals surface area contributed by atoms with E-state index >= 15 is 0 Å². The predicted octanol–water partition coefficient (Wildman–Crippen LogP) is 1.61. The van der Waals surface area contributed by atoms with Crippen LogP contribution in [-0.2, 0) is 4.79 Å². The zero-order chi connectivity index (χ0) is 12.3. The highest BCUT2D eigenvalue weighted by atomic mass is 35.5. The summed E-state index contributed by atoms with van der Waals surface area (Å²) in [5, 5.41) is 8.70. The van der Waals surface area contributed by atoms with Crippen LogP contribution in [0.2, 0.25) is 5.02 Å². The van der Waals surface area contributed by atoms with Crippen molar-refractivity contribution in [1.29, 1.82) is 0 Å². The largest absolute Gasteiger partial charge is 0.495 e. The Balaban J connectivity index is 3.24. The smallest absolute Gasteiger partial charge is 0.312 e. The quantitative estimate of drug-likeness (QED) is 0.848. The normalized spacial score (nSPS) is 12.2. The molecule has 1 atom stereocenters. The molecule has 16 heavy (non-hydrogen) atoms. The fraction of sp³-hybridized carbons (Fsp3) is 0.300. The number of hydrogen-bond donors (Lipinski definition) is 2. The predicted molar refractivity (Wildman–Crippen MR) is 57.4 cm³/mol. The van der Waals surface area contributed by atoms with Gasteiger partial charge in [-0.25, -0.2) is 4.39 Å². The number of aliphatic carboxylic acids is 1. The summed E-state index contributed by atoms with van der Waals surface area (Å²) < 4.78 is 18.2. The number of carbonyl (C=O) groups is 1. The van der Waals surface area contributed by atoms with Crippen LogP contribution in [0.15, 0.2) is 12.1 Å². The second kappa shape index (κ2) is 5.14. The lowest BCUT2D eigenvalue weighted by Crippen LogP contribution is -2.21. The molecule has 0 spiro atoms. The highest BCUT2D eigenvalue weighted by Crippen LogP contribution is 2.31. The van der Waals surface area contributed by atoms with Gasteiger partial charge in [0.2, 0.25) is 0 Å². The number of halogens is 2. The van der Waals surface area contributed by atoms with Gasteiger partial charge >= 0.3 is 5.97 Å². The van der Waals surface area contributed by atoms with Gasteiger partial charge in [-0.05, 0) is 17.7 Å². The maximum absolute atomic E-state index is 13.3. The molecule has 0 fully saturated rings. The Morgan fingerprint density at radius 2 is 2.31 bits per heavy atom. The minimum Gasteiger partial charge on any atom is -0.495 e. The van der Waals surface area contributed by atoms with E-state index in [0.717, 1.165) is 6.07 Å². The molecule has 0 saturated carbocycles. The minimum atomic E-state index is -1.12. The van der Waals surface area contributed by atoms with Gasteiger partial charge in [0.15, 0.2) is 0 Å². The Hall–Kier alpha value is -1.33. The molecule has 0 aliphatic carbocycles. The number of benzene rings is 1. The molecule has 0 aromatic heterocycles. The standard InChI is InChI=1S/C10H11ClFNO3/c1-16-8-3-5(2-7(12)9(8)11)6(4-13)10(14)15/h2-3,6H,4,13H2,1H3,(H,14,15). The number of carboxylic acid groups (broad SMARTS) is 1. The summed E-state index contributed by atoms with van der Waals surface area (Å²) in [5.74, 6) is -2.72. The highest BCUT2D eigenvalue weighted by molar-refractivity contribution is 6.32. The van der Waals surface area contributed by atoms with Crippen molar-refractivity contribution in [2.24, 2.45) is 5.73 Å². The van der Waals surface area contributed by atoms with E-state index < -0.39 is 17.7 Å². The van der Waals surface area contributed by atoms with E-state index in [2.05, 4.69) is 0 Å². The third-order valence-corrected chi connectivity index (χ3v) is 2.54. The summed E-state index contributed by atoms with van der Waals surface area (Å²) >= 11 is 5.61. The molecule has 0 aliphatic heterocycles. The Morgan fingerprint density at radius 3 is 2.75 bits per heavy atom. The van der Waals surface area contributed by atoms with Gasteiger partial charge in [-0.2, -0.15) is 0 Å². The summed E-state index contributed by atoms with van der Waals surface area (Å²) in [6.07, 6.45) is 0. The fourth-order valence-electron chi connectivity index (χ4n) is 1.31. The third-order valence-electron chi connectivity index (χ3n) is 2.17. The van der Waals surface area contributed by atoms with Gasteiger partial charge in [-0.3, -0.25) is 4.79 Å². The van der Waals surface area contributed by atoms with Gasteiger partial charge in [-0.1, -0.05) is 11.6 Å². The van der Waals surface area contributed by atoms with Crippen molar-refractivity contribution in [3.05, 3.63) is 28.5 Å². The molecule has 4 nitrogen and oxygen atoms in total. The molecule has 88 valence electrons. The zero-order valence-corrected chi connectivity index (χ0v) is 9.29. The molecule has 0 saturated heterocycles. The number of methoxy groups -OCH3 is 1. The van der Waals surface area contributed by atoms with E-state index in [1.807, 2.05) is 0 Å². The van der Waals surface area contributed by atoms with Crippen molar-refractivity contribution >= 4 is 17.6 Å². The van der Waals surface area contributed by atoms with Crippen LogP contribution in [0.1, 0.15) is 11.5 Å². The van der Waals surface area contributed by atoms with Crippen molar-refractivity contribution in [3.63, 3.8) is 0 Å².